The van der Waals surface area contributed by atoms with E-state index in [2.05, 4.69) is 35.2 Å². The zero-order chi connectivity index (χ0) is 18.8. The molecular weight excluding hydrogens is 338 g/mol. The topological polar surface area (TPSA) is 38.8 Å². The smallest absolute Gasteiger partial charge is 0.169 e. The third-order valence-electron chi connectivity index (χ3n) is 6.14. The van der Waals surface area contributed by atoms with E-state index in [1.165, 1.54) is 18.4 Å². The first-order valence-corrected chi connectivity index (χ1v) is 9.75. The molecular formula is C23H27NO3. The molecule has 2 heterocycles. The van der Waals surface area contributed by atoms with Crippen LogP contribution in [0.15, 0.2) is 48.5 Å². The van der Waals surface area contributed by atoms with Crippen LogP contribution in [0.25, 0.3) is 0 Å². The molecule has 2 aliphatic rings. The lowest BCUT2D eigenvalue weighted by molar-refractivity contribution is 0.0675. The molecule has 0 aromatic heterocycles. The molecule has 2 bridgehead atoms. The van der Waals surface area contributed by atoms with Crippen LogP contribution < -0.4 is 9.47 Å². The zero-order valence-corrected chi connectivity index (χ0v) is 16.1. The lowest BCUT2D eigenvalue weighted by atomic mass is 9.84. The van der Waals surface area contributed by atoms with Crippen LogP contribution in [0.1, 0.15) is 41.6 Å². The van der Waals surface area contributed by atoms with Crippen LogP contribution in [-0.2, 0) is 6.54 Å². The Morgan fingerprint density at radius 1 is 1.00 bits per heavy atom. The predicted molar refractivity (Wildman–Crippen MR) is 105 cm³/mol. The van der Waals surface area contributed by atoms with E-state index in [0.717, 1.165) is 19.4 Å². The number of carbonyl (C=O) groups excluding carboxylic acids is 1. The Morgan fingerprint density at radius 2 is 1.70 bits per heavy atom. The number of benzene rings is 2. The number of hydrogen-bond donors (Lipinski definition) is 0. The fourth-order valence-electron chi connectivity index (χ4n) is 4.77. The van der Waals surface area contributed by atoms with E-state index < -0.39 is 0 Å². The summed E-state index contributed by atoms with van der Waals surface area (Å²) < 4.78 is 10.8. The first-order valence-electron chi connectivity index (χ1n) is 9.75. The van der Waals surface area contributed by atoms with Gasteiger partial charge < -0.3 is 9.47 Å². The number of Topliss-reactive ketones (excluding diaryl/α,β-unsaturated/α-hetero) is 1. The molecule has 0 N–H and O–H groups in total. The Morgan fingerprint density at radius 3 is 2.33 bits per heavy atom. The lowest BCUT2D eigenvalue weighted by Gasteiger charge is -2.38. The largest absolute Gasteiger partial charge is 0.497 e. The summed E-state index contributed by atoms with van der Waals surface area (Å²) in [6, 6.07) is 17.1. The van der Waals surface area contributed by atoms with Gasteiger partial charge in [0.05, 0.1) is 19.8 Å². The molecule has 2 aliphatic heterocycles. The standard InChI is InChI=1S/C23H27NO3/c1-26-20-10-11-22(27-2)21(14-20)23(25)17-12-18-8-9-19(13-17)24(18)15-16-6-4-3-5-7-16/h3-7,10-11,14,17-19H,8-9,12-13,15H2,1-2H3. The SMILES string of the molecule is COc1ccc(OC)c(C(=O)C2CC3CCC(C2)N3Cc2ccccc2)c1. The van der Waals surface area contributed by atoms with Crippen LogP contribution in [0.5, 0.6) is 11.5 Å². The first kappa shape index (κ1) is 18.1. The van der Waals surface area contributed by atoms with Crippen LogP contribution in [-0.4, -0.2) is 37.0 Å². The molecule has 0 amide bonds. The third-order valence-corrected chi connectivity index (χ3v) is 6.14. The summed E-state index contributed by atoms with van der Waals surface area (Å²) in [5.41, 5.74) is 2.01. The molecule has 2 atom stereocenters. The van der Waals surface area contributed by atoms with Gasteiger partial charge in [0.1, 0.15) is 11.5 Å². The molecule has 0 aliphatic carbocycles. The monoisotopic (exact) mass is 365 g/mol. The maximum Gasteiger partial charge on any atom is 0.169 e. The normalized spacial score (nSPS) is 24.6. The number of ether oxygens (including phenoxy) is 2. The van der Waals surface area contributed by atoms with Gasteiger partial charge in [0.15, 0.2) is 5.78 Å². The Kier molecular flexibility index (Phi) is 5.17. The summed E-state index contributed by atoms with van der Waals surface area (Å²) in [6.07, 6.45) is 4.25. The fourth-order valence-corrected chi connectivity index (χ4v) is 4.77. The number of rotatable bonds is 6. The summed E-state index contributed by atoms with van der Waals surface area (Å²) in [5, 5.41) is 0. The van der Waals surface area contributed by atoms with E-state index in [4.69, 9.17) is 9.47 Å². The number of ketones is 1. The van der Waals surface area contributed by atoms with Gasteiger partial charge in [0.2, 0.25) is 0 Å². The number of methoxy groups -OCH3 is 2. The third kappa shape index (κ3) is 3.59. The minimum atomic E-state index is 0.0653. The highest BCUT2D eigenvalue weighted by Gasteiger charge is 2.43. The quantitative estimate of drug-likeness (QED) is 0.714. The van der Waals surface area contributed by atoms with Gasteiger partial charge in [0.25, 0.3) is 0 Å². The number of piperidine rings is 1. The molecule has 4 heteroatoms. The summed E-state index contributed by atoms with van der Waals surface area (Å²) in [4.78, 5) is 15.9. The summed E-state index contributed by atoms with van der Waals surface area (Å²) in [7, 11) is 3.24. The van der Waals surface area contributed by atoms with Crippen LogP contribution in [0.2, 0.25) is 0 Å². The highest BCUT2D eigenvalue weighted by atomic mass is 16.5. The second kappa shape index (κ2) is 7.73. The molecule has 27 heavy (non-hydrogen) atoms. The van der Waals surface area contributed by atoms with Crippen molar-refractivity contribution in [2.75, 3.05) is 14.2 Å². The molecule has 0 saturated carbocycles. The van der Waals surface area contributed by atoms with Crippen molar-refractivity contribution in [2.24, 2.45) is 5.92 Å². The number of fused-ring (bicyclic) bond motifs is 2. The van der Waals surface area contributed by atoms with Gasteiger partial charge in [-0.3, -0.25) is 9.69 Å². The van der Waals surface area contributed by atoms with Gasteiger partial charge in [-0.1, -0.05) is 30.3 Å². The van der Waals surface area contributed by atoms with E-state index in [1.54, 1.807) is 14.2 Å². The maximum atomic E-state index is 13.3. The molecule has 142 valence electrons. The van der Waals surface area contributed by atoms with Gasteiger partial charge in [0, 0.05) is 24.5 Å². The van der Waals surface area contributed by atoms with E-state index in [-0.39, 0.29) is 11.7 Å². The minimum Gasteiger partial charge on any atom is -0.497 e. The Balaban J connectivity index is 1.51. The number of hydrogen-bond acceptors (Lipinski definition) is 4. The second-order valence-corrected chi connectivity index (χ2v) is 7.64. The Labute approximate surface area is 161 Å². The molecule has 2 aromatic carbocycles. The van der Waals surface area contributed by atoms with Gasteiger partial charge in [-0.15, -0.1) is 0 Å². The van der Waals surface area contributed by atoms with Crippen LogP contribution in [0.4, 0.5) is 0 Å². The minimum absolute atomic E-state index is 0.0653. The second-order valence-electron chi connectivity index (χ2n) is 7.64. The first-order chi connectivity index (χ1) is 13.2. The summed E-state index contributed by atoms with van der Waals surface area (Å²) in [5.74, 6) is 1.60. The molecule has 0 radical (unpaired) electrons. The van der Waals surface area contributed by atoms with E-state index in [0.29, 0.717) is 29.1 Å². The highest BCUT2D eigenvalue weighted by Crippen LogP contribution is 2.41. The summed E-state index contributed by atoms with van der Waals surface area (Å²) >= 11 is 0. The van der Waals surface area contributed by atoms with E-state index in [1.807, 2.05) is 18.2 Å². The van der Waals surface area contributed by atoms with Crippen molar-refractivity contribution in [1.82, 2.24) is 4.90 Å². The average molecular weight is 365 g/mol. The number of nitrogens with zero attached hydrogens (tertiary/aromatic N) is 1. The van der Waals surface area contributed by atoms with Gasteiger partial charge >= 0.3 is 0 Å². The van der Waals surface area contributed by atoms with Crippen molar-refractivity contribution in [3.05, 3.63) is 59.7 Å². The molecule has 4 nitrogen and oxygen atoms in total. The van der Waals surface area contributed by atoms with Crippen molar-refractivity contribution in [1.29, 1.82) is 0 Å². The fraction of sp³-hybridized carbons (Fsp3) is 0.435. The van der Waals surface area contributed by atoms with E-state index >= 15 is 0 Å². The number of carbonyl (C=O) groups is 1. The van der Waals surface area contributed by atoms with E-state index in [9.17, 15) is 4.79 Å². The molecule has 2 aromatic rings. The highest BCUT2D eigenvalue weighted by molar-refractivity contribution is 6.00. The van der Waals surface area contributed by atoms with Crippen molar-refractivity contribution in [2.45, 2.75) is 44.3 Å². The van der Waals surface area contributed by atoms with Gasteiger partial charge in [-0.05, 0) is 49.4 Å². The molecule has 0 spiro atoms. The lowest BCUT2D eigenvalue weighted by Crippen LogP contribution is -2.44. The maximum absolute atomic E-state index is 13.3. The Hall–Kier alpha value is -2.33. The van der Waals surface area contributed by atoms with Gasteiger partial charge in [-0.2, -0.15) is 0 Å². The van der Waals surface area contributed by atoms with Gasteiger partial charge in [-0.25, -0.2) is 0 Å². The van der Waals surface area contributed by atoms with Crippen molar-refractivity contribution < 1.29 is 14.3 Å². The molecule has 2 unspecified atom stereocenters. The van der Waals surface area contributed by atoms with Crippen LogP contribution in [0, 0.1) is 5.92 Å². The van der Waals surface area contributed by atoms with Crippen LogP contribution >= 0.6 is 0 Å². The zero-order valence-electron chi connectivity index (χ0n) is 16.1. The molecule has 4 rings (SSSR count). The molecule has 2 saturated heterocycles. The average Bonchev–Trinajstić information content (AvgIpc) is 2.94. The Bertz CT molecular complexity index is 791. The van der Waals surface area contributed by atoms with Crippen LogP contribution in [0.3, 0.4) is 0 Å². The van der Waals surface area contributed by atoms with Crippen molar-refractivity contribution in [3.63, 3.8) is 0 Å². The van der Waals surface area contributed by atoms with Crippen molar-refractivity contribution in [3.8, 4) is 11.5 Å². The summed E-state index contributed by atoms with van der Waals surface area (Å²) in [6.45, 7) is 0.986. The van der Waals surface area contributed by atoms with Crippen molar-refractivity contribution >= 4 is 5.78 Å². The predicted octanol–water partition coefficient (Wildman–Crippen LogP) is 4.33. The molecule has 2 fully saturated rings.